The molecule has 0 aliphatic heterocycles. The predicted octanol–water partition coefficient (Wildman–Crippen LogP) is 2.54. The fourth-order valence-corrected chi connectivity index (χ4v) is 2.70. The van der Waals surface area contributed by atoms with Gasteiger partial charge in [0.05, 0.1) is 6.54 Å². The first-order chi connectivity index (χ1) is 10.2. The molecule has 3 rings (SSSR count). The number of benzene rings is 1. The quantitative estimate of drug-likeness (QED) is 0.772. The zero-order valence-corrected chi connectivity index (χ0v) is 11.6. The van der Waals surface area contributed by atoms with Crippen LogP contribution in [0, 0.1) is 0 Å². The summed E-state index contributed by atoms with van der Waals surface area (Å²) in [6, 6.07) is 9.64. The van der Waals surface area contributed by atoms with Gasteiger partial charge in [-0.25, -0.2) is 4.79 Å². The van der Waals surface area contributed by atoms with E-state index in [1.54, 1.807) is 6.20 Å². The first-order valence-electron chi connectivity index (χ1n) is 6.11. The maximum atomic E-state index is 10.6. The molecule has 0 atom stereocenters. The minimum Gasteiger partial charge on any atom is -0.465 e. The zero-order chi connectivity index (χ0) is 14.7. The van der Waals surface area contributed by atoms with E-state index >= 15 is 0 Å². The third kappa shape index (κ3) is 3.06. The van der Waals surface area contributed by atoms with E-state index in [1.165, 1.54) is 11.3 Å². The van der Waals surface area contributed by atoms with E-state index in [0.29, 0.717) is 11.6 Å². The van der Waals surface area contributed by atoms with Crippen LogP contribution in [0.1, 0.15) is 5.56 Å². The van der Waals surface area contributed by atoms with Gasteiger partial charge in [0.2, 0.25) is 5.13 Å². The smallest absolute Gasteiger partial charge is 0.411 e. The van der Waals surface area contributed by atoms with E-state index in [0.717, 1.165) is 11.1 Å². The summed E-state index contributed by atoms with van der Waals surface area (Å²) in [6.45, 7) is 0.616. The topological polar surface area (TPSA) is 92.9 Å². The standard InChI is InChI=1S/C13H11N5O2S/c19-13(20)15-12-17-16-11(21-12)10-5-2-1-4-9(10)8-18-7-3-6-14-18/h1-7H,8H2,(H,15,17)(H,19,20). The summed E-state index contributed by atoms with van der Waals surface area (Å²) in [6.07, 6.45) is 2.46. The Labute approximate surface area is 123 Å². The molecule has 2 aromatic heterocycles. The van der Waals surface area contributed by atoms with Gasteiger partial charge in [-0.2, -0.15) is 5.10 Å². The van der Waals surface area contributed by atoms with Gasteiger partial charge in [-0.1, -0.05) is 35.6 Å². The second-order valence-electron chi connectivity index (χ2n) is 4.20. The third-order valence-corrected chi connectivity index (χ3v) is 3.65. The molecule has 1 amide bonds. The van der Waals surface area contributed by atoms with Crippen molar-refractivity contribution in [2.75, 3.05) is 5.32 Å². The SMILES string of the molecule is O=C(O)Nc1nnc(-c2ccccc2Cn2cccn2)s1. The lowest BCUT2D eigenvalue weighted by atomic mass is 10.1. The van der Waals surface area contributed by atoms with Crippen LogP contribution in [0.2, 0.25) is 0 Å². The molecule has 7 nitrogen and oxygen atoms in total. The molecule has 2 heterocycles. The van der Waals surface area contributed by atoms with Gasteiger partial charge in [-0.15, -0.1) is 10.2 Å². The van der Waals surface area contributed by atoms with Crippen molar-refractivity contribution < 1.29 is 9.90 Å². The summed E-state index contributed by atoms with van der Waals surface area (Å²) in [5.41, 5.74) is 1.96. The fraction of sp³-hybridized carbons (Fsp3) is 0.0769. The van der Waals surface area contributed by atoms with E-state index in [9.17, 15) is 4.79 Å². The summed E-state index contributed by atoms with van der Waals surface area (Å²) >= 11 is 1.20. The Hall–Kier alpha value is -2.74. The lowest BCUT2D eigenvalue weighted by molar-refractivity contribution is 0.209. The number of carboxylic acid groups (broad SMARTS) is 1. The highest BCUT2D eigenvalue weighted by atomic mass is 32.1. The molecule has 21 heavy (non-hydrogen) atoms. The number of nitrogens with zero attached hydrogens (tertiary/aromatic N) is 4. The van der Waals surface area contributed by atoms with Crippen molar-refractivity contribution in [2.24, 2.45) is 0 Å². The van der Waals surface area contributed by atoms with Gasteiger partial charge in [0, 0.05) is 18.0 Å². The Morgan fingerprint density at radius 1 is 1.29 bits per heavy atom. The number of carbonyl (C=O) groups is 1. The van der Waals surface area contributed by atoms with E-state index < -0.39 is 6.09 Å². The van der Waals surface area contributed by atoms with Crippen molar-refractivity contribution in [1.29, 1.82) is 0 Å². The predicted molar refractivity (Wildman–Crippen MR) is 78.3 cm³/mol. The van der Waals surface area contributed by atoms with Crippen LogP contribution >= 0.6 is 11.3 Å². The average Bonchev–Trinajstić information content (AvgIpc) is 3.11. The van der Waals surface area contributed by atoms with Gasteiger partial charge >= 0.3 is 6.09 Å². The Morgan fingerprint density at radius 2 is 2.14 bits per heavy atom. The highest BCUT2D eigenvalue weighted by Crippen LogP contribution is 2.29. The molecule has 0 unspecified atom stereocenters. The van der Waals surface area contributed by atoms with Crippen molar-refractivity contribution in [1.82, 2.24) is 20.0 Å². The van der Waals surface area contributed by atoms with E-state index in [2.05, 4.69) is 20.6 Å². The maximum Gasteiger partial charge on any atom is 0.411 e. The van der Waals surface area contributed by atoms with Crippen LogP contribution < -0.4 is 5.32 Å². The molecule has 0 spiro atoms. The van der Waals surface area contributed by atoms with Crippen LogP contribution in [-0.4, -0.2) is 31.2 Å². The summed E-state index contributed by atoms with van der Waals surface area (Å²) < 4.78 is 1.82. The molecule has 0 bridgehead atoms. The Morgan fingerprint density at radius 3 is 2.90 bits per heavy atom. The van der Waals surface area contributed by atoms with Crippen LogP contribution in [0.15, 0.2) is 42.7 Å². The van der Waals surface area contributed by atoms with Crippen LogP contribution in [-0.2, 0) is 6.54 Å². The molecule has 8 heteroatoms. The number of rotatable bonds is 4. The number of aromatic nitrogens is 4. The minimum absolute atomic E-state index is 0.256. The van der Waals surface area contributed by atoms with Crippen molar-refractivity contribution >= 4 is 22.6 Å². The summed E-state index contributed by atoms with van der Waals surface area (Å²) in [5.74, 6) is 0. The van der Waals surface area contributed by atoms with Gasteiger partial charge in [0.25, 0.3) is 0 Å². The number of hydrogen-bond donors (Lipinski definition) is 2. The van der Waals surface area contributed by atoms with Crippen LogP contribution in [0.25, 0.3) is 10.6 Å². The molecule has 0 fully saturated rings. The highest BCUT2D eigenvalue weighted by Gasteiger charge is 2.12. The Bertz CT molecular complexity index is 754. The zero-order valence-electron chi connectivity index (χ0n) is 10.8. The summed E-state index contributed by atoms with van der Waals surface area (Å²) in [5, 5.41) is 23.9. The Kier molecular flexibility index (Phi) is 3.61. The van der Waals surface area contributed by atoms with Gasteiger partial charge in [0.15, 0.2) is 0 Å². The van der Waals surface area contributed by atoms with Gasteiger partial charge < -0.3 is 5.11 Å². The summed E-state index contributed by atoms with van der Waals surface area (Å²) in [7, 11) is 0. The van der Waals surface area contributed by atoms with Crippen molar-refractivity contribution in [3.8, 4) is 10.6 Å². The molecule has 0 radical (unpaired) electrons. The molecule has 0 aliphatic carbocycles. The minimum atomic E-state index is -1.15. The second-order valence-corrected chi connectivity index (χ2v) is 5.18. The molecular weight excluding hydrogens is 290 g/mol. The molecule has 0 aliphatic rings. The number of anilines is 1. The van der Waals surface area contributed by atoms with E-state index in [1.807, 2.05) is 41.2 Å². The van der Waals surface area contributed by atoms with Crippen LogP contribution in [0.5, 0.6) is 0 Å². The van der Waals surface area contributed by atoms with Gasteiger partial charge in [-0.3, -0.25) is 10.00 Å². The van der Waals surface area contributed by atoms with Crippen molar-refractivity contribution in [3.05, 3.63) is 48.3 Å². The molecule has 0 saturated heterocycles. The summed E-state index contributed by atoms with van der Waals surface area (Å²) in [4.78, 5) is 10.6. The molecule has 106 valence electrons. The third-order valence-electron chi connectivity index (χ3n) is 2.78. The molecule has 3 aromatic rings. The number of nitrogens with one attached hydrogen (secondary N) is 1. The Balaban J connectivity index is 1.91. The fourth-order valence-electron chi connectivity index (χ4n) is 1.91. The van der Waals surface area contributed by atoms with E-state index in [-0.39, 0.29) is 5.13 Å². The molecular formula is C13H11N5O2S. The second kappa shape index (κ2) is 5.71. The normalized spacial score (nSPS) is 10.5. The van der Waals surface area contributed by atoms with Crippen LogP contribution in [0.3, 0.4) is 0 Å². The number of hydrogen-bond acceptors (Lipinski definition) is 5. The largest absolute Gasteiger partial charge is 0.465 e. The highest BCUT2D eigenvalue weighted by molar-refractivity contribution is 7.18. The monoisotopic (exact) mass is 301 g/mol. The first kappa shape index (κ1) is 13.3. The number of amides is 1. The maximum absolute atomic E-state index is 10.6. The van der Waals surface area contributed by atoms with Crippen molar-refractivity contribution in [3.63, 3.8) is 0 Å². The van der Waals surface area contributed by atoms with Crippen molar-refractivity contribution in [2.45, 2.75) is 6.54 Å². The van der Waals surface area contributed by atoms with Crippen LogP contribution in [0.4, 0.5) is 9.93 Å². The lowest BCUT2D eigenvalue weighted by Gasteiger charge is -2.06. The average molecular weight is 301 g/mol. The van der Waals surface area contributed by atoms with Gasteiger partial charge in [0.1, 0.15) is 5.01 Å². The molecule has 0 saturated carbocycles. The molecule has 2 N–H and O–H groups in total. The van der Waals surface area contributed by atoms with Gasteiger partial charge in [-0.05, 0) is 11.6 Å². The lowest BCUT2D eigenvalue weighted by Crippen LogP contribution is -2.06. The first-order valence-corrected chi connectivity index (χ1v) is 6.93. The molecule has 1 aromatic carbocycles. The van der Waals surface area contributed by atoms with E-state index in [4.69, 9.17) is 5.11 Å².